The molecule has 0 radical (unpaired) electrons. The number of nitrogens with zero attached hydrogens (tertiary/aromatic N) is 2. The minimum atomic E-state index is -4.75. The lowest BCUT2D eigenvalue weighted by molar-refractivity contribution is 0.0151. The molecule has 208 valence electrons. The Bertz CT molecular complexity index is 1440. The molecule has 14 heteroatoms. The Morgan fingerprint density at radius 2 is 0.600 bits per heavy atom. The zero-order valence-corrected chi connectivity index (χ0v) is 19.2. The van der Waals surface area contributed by atoms with Crippen LogP contribution in [0.2, 0.25) is 0 Å². The average Bonchev–Trinajstić information content (AvgIpc) is 2.87. The van der Waals surface area contributed by atoms with E-state index in [0.717, 1.165) is 0 Å². The fourth-order valence-electron chi connectivity index (χ4n) is 4.18. The van der Waals surface area contributed by atoms with Gasteiger partial charge in [-0.2, -0.15) is 35.1 Å². The number of hydrogen-bond acceptors (Lipinski definition) is 2. The van der Waals surface area contributed by atoms with E-state index in [2.05, 4.69) is 9.97 Å². The normalized spacial score (nSPS) is 18.3. The van der Waals surface area contributed by atoms with E-state index in [-0.39, 0.29) is 24.3 Å². The van der Waals surface area contributed by atoms with Crippen molar-refractivity contribution in [1.82, 2.24) is 9.97 Å². The van der Waals surface area contributed by atoms with Crippen molar-refractivity contribution in [3.63, 3.8) is 0 Å². The number of fused-ring (bicyclic) bond motifs is 8. The Morgan fingerprint density at radius 1 is 0.375 bits per heavy atom. The van der Waals surface area contributed by atoms with E-state index in [1.54, 1.807) is 0 Å². The van der Waals surface area contributed by atoms with Crippen LogP contribution in [0.3, 0.4) is 0 Å². The monoisotopic (exact) mass is 578 g/mol. The van der Waals surface area contributed by atoms with Gasteiger partial charge in [0.05, 0.1) is 22.3 Å². The maximum atomic E-state index is 15.4. The van der Waals surface area contributed by atoms with Gasteiger partial charge in [0.25, 0.3) is 0 Å². The van der Waals surface area contributed by atoms with Crippen molar-refractivity contribution in [3.8, 4) is 0 Å². The van der Waals surface area contributed by atoms with Crippen molar-refractivity contribution in [3.05, 3.63) is 129 Å². The van der Waals surface area contributed by atoms with Crippen LogP contribution in [0.5, 0.6) is 0 Å². The molecule has 1 aliphatic rings. The largest absolute Gasteiger partial charge is 0.317 e. The molecule has 2 aromatic carbocycles. The van der Waals surface area contributed by atoms with Gasteiger partial charge < -0.3 is 0 Å². The number of pyridine rings is 2. The van der Waals surface area contributed by atoms with Crippen LogP contribution >= 0.6 is 0 Å². The lowest BCUT2D eigenvalue weighted by atomic mass is 9.94. The molecule has 2 aromatic heterocycles. The first kappa shape index (κ1) is 27.5. The third-order valence-electron chi connectivity index (χ3n) is 6.25. The van der Waals surface area contributed by atoms with E-state index < -0.39 is 92.0 Å². The summed E-state index contributed by atoms with van der Waals surface area (Å²) in [7, 11) is 0. The van der Waals surface area contributed by atoms with E-state index in [1.807, 2.05) is 0 Å². The molecule has 4 aromatic rings. The molecule has 0 amide bonds. The van der Waals surface area contributed by atoms with Crippen molar-refractivity contribution in [2.24, 2.45) is 0 Å². The van der Waals surface area contributed by atoms with Crippen LogP contribution in [-0.2, 0) is 23.7 Å². The molecule has 2 nitrogen and oxygen atoms in total. The lowest BCUT2D eigenvalue weighted by Gasteiger charge is -2.25. The van der Waals surface area contributed by atoms with Gasteiger partial charge in [-0.3, -0.25) is 0 Å². The first-order chi connectivity index (χ1) is 18.5. The van der Waals surface area contributed by atoms with Gasteiger partial charge in [-0.15, -0.1) is 0 Å². The zero-order valence-electron chi connectivity index (χ0n) is 19.2. The fraction of sp³-hybridized carbons (Fsp3) is 0.154. The molecular formula is C26H10F12N2. The Hall–Kier alpha value is -4.10. The van der Waals surface area contributed by atoms with Gasteiger partial charge in [0.1, 0.15) is 46.0 Å². The summed E-state index contributed by atoms with van der Waals surface area (Å²) in [6, 6.07) is 1.41. The zero-order chi connectivity index (χ0) is 29.4. The molecular weight excluding hydrogens is 568 g/mol. The summed E-state index contributed by atoms with van der Waals surface area (Å²) in [6.45, 7) is 0. The standard InChI is InChI=1S/C26H10F12N2/c27-15-9-17(29)13-7-11(15)23(31,32)19-3-1-4-20(39-19)24(33,34)12-8-14(18(30)10-16(12)28)26(37,38)22-6-2-5-21(40-22)25(13,35)36/h1-10H. The highest BCUT2D eigenvalue weighted by Gasteiger charge is 2.49. The van der Waals surface area contributed by atoms with Gasteiger partial charge in [0.2, 0.25) is 0 Å². The maximum absolute atomic E-state index is 15.4. The summed E-state index contributed by atoms with van der Waals surface area (Å²) in [5.41, 5.74) is -14.3. The van der Waals surface area contributed by atoms with Crippen molar-refractivity contribution in [2.45, 2.75) is 23.7 Å². The van der Waals surface area contributed by atoms with Crippen LogP contribution in [0, 0.1) is 23.3 Å². The van der Waals surface area contributed by atoms with Crippen LogP contribution in [0.25, 0.3) is 0 Å². The second-order valence-electron chi connectivity index (χ2n) is 8.74. The number of alkyl halides is 8. The van der Waals surface area contributed by atoms with Gasteiger partial charge in [-0.05, 0) is 36.4 Å². The minimum Gasteiger partial charge on any atom is -0.244 e. The van der Waals surface area contributed by atoms with Gasteiger partial charge in [0, 0.05) is 12.1 Å². The Morgan fingerprint density at radius 3 is 0.825 bits per heavy atom. The second-order valence-corrected chi connectivity index (χ2v) is 8.74. The van der Waals surface area contributed by atoms with Gasteiger partial charge in [-0.1, -0.05) is 12.1 Å². The van der Waals surface area contributed by atoms with Gasteiger partial charge in [0.15, 0.2) is 0 Å². The quantitative estimate of drug-likeness (QED) is 0.198. The van der Waals surface area contributed by atoms with E-state index in [1.165, 1.54) is 0 Å². The summed E-state index contributed by atoms with van der Waals surface area (Å²) in [6.07, 6.45) is 0. The molecule has 0 atom stereocenters. The van der Waals surface area contributed by atoms with Crippen molar-refractivity contribution < 1.29 is 52.7 Å². The van der Waals surface area contributed by atoms with Crippen molar-refractivity contribution >= 4 is 0 Å². The summed E-state index contributed by atoms with van der Waals surface area (Å²) < 4.78 is 181. The predicted molar refractivity (Wildman–Crippen MR) is 113 cm³/mol. The van der Waals surface area contributed by atoms with Crippen LogP contribution in [0.1, 0.15) is 45.0 Å². The van der Waals surface area contributed by atoms with Gasteiger partial charge >= 0.3 is 23.7 Å². The lowest BCUT2D eigenvalue weighted by Crippen LogP contribution is -2.28. The third-order valence-corrected chi connectivity index (χ3v) is 6.25. The molecule has 0 fully saturated rings. The molecule has 3 heterocycles. The fourth-order valence-corrected chi connectivity index (χ4v) is 4.18. The molecule has 1 aliphatic heterocycles. The second kappa shape index (κ2) is 8.70. The van der Waals surface area contributed by atoms with Gasteiger partial charge in [-0.25, -0.2) is 27.5 Å². The first-order valence-corrected chi connectivity index (χ1v) is 11.0. The minimum absolute atomic E-state index is 0.308. The average molecular weight is 578 g/mol. The third kappa shape index (κ3) is 3.99. The van der Waals surface area contributed by atoms with Crippen LogP contribution < -0.4 is 0 Å². The topological polar surface area (TPSA) is 25.8 Å². The Balaban J connectivity index is 1.92. The number of rotatable bonds is 0. The summed E-state index contributed by atoms with van der Waals surface area (Å²) in [4.78, 5) is 6.06. The van der Waals surface area contributed by atoms with Crippen LogP contribution in [0.4, 0.5) is 52.7 Å². The van der Waals surface area contributed by atoms with Crippen LogP contribution in [-0.4, -0.2) is 9.97 Å². The number of hydrogen-bond donors (Lipinski definition) is 0. The molecule has 40 heavy (non-hydrogen) atoms. The Labute approximate surface area is 215 Å². The van der Waals surface area contributed by atoms with Crippen molar-refractivity contribution in [2.75, 3.05) is 0 Å². The summed E-state index contributed by atoms with van der Waals surface area (Å²) in [5.74, 6) is -27.3. The highest BCUT2D eigenvalue weighted by atomic mass is 19.3. The number of benzene rings is 2. The molecule has 0 saturated heterocycles. The molecule has 0 N–H and O–H groups in total. The van der Waals surface area contributed by atoms with Crippen LogP contribution in [0.15, 0.2) is 60.7 Å². The first-order valence-electron chi connectivity index (χ1n) is 11.0. The highest BCUT2D eigenvalue weighted by molar-refractivity contribution is 5.43. The smallest absolute Gasteiger partial charge is 0.244 e. The molecule has 0 spiro atoms. The summed E-state index contributed by atoms with van der Waals surface area (Å²) >= 11 is 0. The summed E-state index contributed by atoms with van der Waals surface area (Å²) in [5, 5.41) is 0. The van der Waals surface area contributed by atoms with E-state index >= 15 is 35.1 Å². The maximum Gasteiger partial charge on any atom is 0.317 e. The SMILES string of the molecule is Fc1cc(F)c2cc1C(F)(F)c1cccc(n1)C(F)(F)c1cc(c(F)cc1F)C(F)(F)c1cccc(n1)C2(F)F. The highest BCUT2D eigenvalue weighted by Crippen LogP contribution is 2.46. The van der Waals surface area contributed by atoms with E-state index in [9.17, 15) is 17.6 Å². The number of halogens is 12. The predicted octanol–water partition coefficient (Wildman–Crippen LogP) is 7.91. The molecule has 0 aliphatic carbocycles. The molecule has 0 saturated carbocycles. The Kier molecular flexibility index (Phi) is 5.97. The molecule has 0 unspecified atom stereocenters. The van der Waals surface area contributed by atoms with E-state index in [4.69, 9.17) is 0 Å². The van der Waals surface area contributed by atoms with E-state index in [0.29, 0.717) is 36.4 Å². The number of aromatic nitrogens is 2. The molecule has 5 rings (SSSR count). The van der Waals surface area contributed by atoms with Crippen molar-refractivity contribution in [1.29, 1.82) is 0 Å². The molecule has 8 bridgehead atoms.